The van der Waals surface area contributed by atoms with Gasteiger partial charge in [-0.25, -0.2) is 4.68 Å². The number of carbonyl (C=O) groups is 1. The standard InChI is InChI=1S/C17H28N4O2/c22-17(14-6-4-2-1-3-5-7-14)18-10-8-15-12-21(20-19-15)16-9-11-23-13-16/h12,14,16H,1-11,13H2,(H,18,22)/t16-/m0/s1. The fourth-order valence-electron chi connectivity index (χ4n) is 3.51. The van der Waals surface area contributed by atoms with Crippen LogP contribution in [0.5, 0.6) is 0 Å². The Balaban J connectivity index is 1.40. The number of carbonyl (C=O) groups excluding carboxylic acids is 1. The molecule has 128 valence electrons. The average molecular weight is 320 g/mol. The first-order valence-corrected chi connectivity index (χ1v) is 9.09. The number of hydrogen-bond donors (Lipinski definition) is 1. The lowest BCUT2D eigenvalue weighted by atomic mass is 9.90. The van der Waals surface area contributed by atoms with Gasteiger partial charge in [0.1, 0.15) is 0 Å². The van der Waals surface area contributed by atoms with Gasteiger partial charge in [-0.2, -0.15) is 0 Å². The van der Waals surface area contributed by atoms with Crippen LogP contribution in [0.3, 0.4) is 0 Å². The van der Waals surface area contributed by atoms with Gasteiger partial charge in [-0.1, -0.05) is 37.3 Å². The lowest BCUT2D eigenvalue weighted by molar-refractivity contribution is -0.125. The molecule has 1 aliphatic carbocycles. The molecule has 6 nitrogen and oxygen atoms in total. The number of nitrogens with zero attached hydrogens (tertiary/aromatic N) is 3. The number of hydrogen-bond acceptors (Lipinski definition) is 4. The van der Waals surface area contributed by atoms with Crippen LogP contribution in [0, 0.1) is 5.92 Å². The highest BCUT2D eigenvalue weighted by Gasteiger charge is 2.20. The van der Waals surface area contributed by atoms with Gasteiger partial charge < -0.3 is 10.1 Å². The molecule has 1 aliphatic heterocycles. The monoisotopic (exact) mass is 320 g/mol. The smallest absolute Gasteiger partial charge is 0.223 e. The molecular weight excluding hydrogens is 292 g/mol. The van der Waals surface area contributed by atoms with Crippen LogP contribution in [-0.4, -0.2) is 40.7 Å². The maximum absolute atomic E-state index is 12.3. The molecule has 1 amide bonds. The highest BCUT2D eigenvalue weighted by molar-refractivity contribution is 5.78. The van der Waals surface area contributed by atoms with Crippen molar-refractivity contribution in [2.45, 2.75) is 63.8 Å². The van der Waals surface area contributed by atoms with Crippen molar-refractivity contribution >= 4 is 5.91 Å². The first-order chi connectivity index (χ1) is 11.3. The van der Waals surface area contributed by atoms with Crippen LogP contribution >= 0.6 is 0 Å². The molecule has 2 aliphatic rings. The SMILES string of the molecule is O=C(NCCc1cn([C@H]2CCOC2)nn1)C1CCCCCCC1. The molecule has 1 aromatic heterocycles. The predicted molar refractivity (Wildman–Crippen MR) is 87.0 cm³/mol. The molecule has 1 saturated carbocycles. The van der Waals surface area contributed by atoms with Crippen molar-refractivity contribution in [1.29, 1.82) is 0 Å². The Labute approximate surface area is 138 Å². The molecule has 2 heterocycles. The fraction of sp³-hybridized carbons (Fsp3) is 0.824. The number of ether oxygens (including phenoxy) is 1. The third-order valence-electron chi connectivity index (χ3n) is 4.99. The van der Waals surface area contributed by atoms with E-state index in [1.165, 1.54) is 32.1 Å². The first-order valence-electron chi connectivity index (χ1n) is 9.09. The van der Waals surface area contributed by atoms with Gasteiger partial charge in [0, 0.05) is 31.7 Å². The largest absolute Gasteiger partial charge is 0.379 e. The Morgan fingerprint density at radius 3 is 2.74 bits per heavy atom. The van der Waals surface area contributed by atoms with Crippen molar-refractivity contribution in [1.82, 2.24) is 20.3 Å². The van der Waals surface area contributed by atoms with Gasteiger partial charge in [-0.3, -0.25) is 4.79 Å². The zero-order chi connectivity index (χ0) is 15.9. The summed E-state index contributed by atoms with van der Waals surface area (Å²) in [7, 11) is 0. The molecule has 1 N–H and O–H groups in total. The van der Waals surface area contributed by atoms with Crippen LogP contribution < -0.4 is 5.32 Å². The van der Waals surface area contributed by atoms with E-state index < -0.39 is 0 Å². The van der Waals surface area contributed by atoms with Gasteiger partial charge in [0.25, 0.3) is 0 Å². The molecule has 6 heteroatoms. The number of aromatic nitrogens is 3. The minimum atomic E-state index is 0.210. The van der Waals surface area contributed by atoms with Crippen molar-refractivity contribution in [3.8, 4) is 0 Å². The first kappa shape index (κ1) is 16.4. The van der Waals surface area contributed by atoms with Crippen LogP contribution in [0.1, 0.15) is 63.1 Å². The Hall–Kier alpha value is -1.43. The maximum Gasteiger partial charge on any atom is 0.223 e. The minimum Gasteiger partial charge on any atom is -0.379 e. The van der Waals surface area contributed by atoms with E-state index in [4.69, 9.17) is 4.74 Å². The van der Waals surface area contributed by atoms with Crippen molar-refractivity contribution < 1.29 is 9.53 Å². The summed E-state index contributed by atoms with van der Waals surface area (Å²) in [5.41, 5.74) is 0.940. The van der Waals surface area contributed by atoms with Crippen LogP contribution in [0.2, 0.25) is 0 Å². The van der Waals surface area contributed by atoms with Crippen molar-refractivity contribution in [3.63, 3.8) is 0 Å². The van der Waals surface area contributed by atoms with E-state index in [1.54, 1.807) is 0 Å². The summed E-state index contributed by atoms with van der Waals surface area (Å²) >= 11 is 0. The van der Waals surface area contributed by atoms with E-state index in [1.807, 2.05) is 10.9 Å². The highest BCUT2D eigenvalue weighted by Crippen LogP contribution is 2.22. The molecule has 1 aromatic rings. The van der Waals surface area contributed by atoms with E-state index in [0.29, 0.717) is 12.6 Å². The Bertz CT molecular complexity index is 489. The molecule has 1 saturated heterocycles. The van der Waals surface area contributed by atoms with Crippen LogP contribution in [0.4, 0.5) is 0 Å². The molecule has 0 unspecified atom stereocenters. The van der Waals surface area contributed by atoms with E-state index in [2.05, 4.69) is 15.6 Å². The van der Waals surface area contributed by atoms with E-state index >= 15 is 0 Å². The third kappa shape index (κ3) is 4.77. The second kappa shape index (κ2) is 8.43. The summed E-state index contributed by atoms with van der Waals surface area (Å²) in [5, 5.41) is 11.5. The highest BCUT2D eigenvalue weighted by atomic mass is 16.5. The normalized spacial score (nSPS) is 23.4. The number of rotatable bonds is 5. The van der Waals surface area contributed by atoms with Crippen molar-refractivity contribution in [3.05, 3.63) is 11.9 Å². The van der Waals surface area contributed by atoms with Crippen LogP contribution in [-0.2, 0) is 16.0 Å². The lowest BCUT2D eigenvalue weighted by Gasteiger charge is -2.18. The summed E-state index contributed by atoms with van der Waals surface area (Å²) in [4.78, 5) is 12.3. The lowest BCUT2D eigenvalue weighted by Crippen LogP contribution is -2.32. The topological polar surface area (TPSA) is 69.0 Å². The van der Waals surface area contributed by atoms with Crippen LogP contribution in [0.15, 0.2) is 6.20 Å². The van der Waals surface area contributed by atoms with Gasteiger partial charge in [0.15, 0.2) is 0 Å². The van der Waals surface area contributed by atoms with Gasteiger partial charge in [0.2, 0.25) is 5.91 Å². The van der Waals surface area contributed by atoms with Gasteiger partial charge in [-0.15, -0.1) is 5.10 Å². The van der Waals surface area contributed by atoms with Gasteiger partial charge in [-0.05, 0) is 19.3 Å². The molecule has 1 atom stereocenters. The summed E-state index contributed by atoms with van der Waals surface area (Å²) in [5.74, 6) is 0.435. The number of nitrogens with one attached hydrogen (secondary N) is 1. The fourth-order valence-corrected chi connectivity index (χ4v) is 3.51. The molecular formula is C17H28N4O2. The second-order valence-electron chi connectivity index (χ2n) is 6.79. The minimum absolute atomic E-state index is 0.210. The Morgan fingerprint density at radius 1 is 1.22 bits per heavy atom. The van der Waals surface area contributed by atoms with E-state index in [9.17, 15) is 4.79 Å². The zero-order valence-corrected chi connectivity index (χ0v) is 13.9. The summed E-state index contributed by atoms with van der Waals surface area (Å²) in [6.45, 7) is 2.17. The number of amides is 1. The zero-order valence-electron chi connectivity index (χ0n) is 13.9. The molecule has 3 rings (SSSR count). The van der Waals surface area contributed by atoms with Crippen LogP contribution in [0.25, 0.3) is 0 Å². The predicted octanol–water partition coefficient (Wildman–Crippen LogP) is 2.26. The van der Waals surface area contributed by atoms with Crippen molar-refractivity contribution in [2.24, 2.45) is 5.92 Å². The molecule has 0 aromatic carbocycles. The van der Waals surface area contributed by atoms with Gasteiger partial charge >= 0.3 is 0 Å². The summed E-state index contributed by atoms with van der Waals surface area (Å²) in [6.07, 6.45) is 12.1. The summed E-state index contributed by atoms with van der Waals surface area (Å²) in [6, 6.07) is 0.320. The van der Waals surface area contributed by atoms with E-state index in [-0.39, 0.29) is 11.8 Å². The van der Waals surface area contributed by atoms with E-state index in [0.717, 1.165) is 44.6 Å². The Morgan fingerprint density at radius 2 is 2.00 bits per heavy atom. The summed E-state index contributed by atoms with van der Waals surface area (Å²) < 4.78 is 7.28. The molecule has 0 bridgehead atoms. The molecule has 2 fully saturated rings. The second-order valence-corrected chi connectivity index (χ2v) is 6.79. The molecule has 0 radical (unpaired) electrons. The average Bonchev–Trinajstić information content (AvgIpc) is 3.17. The van der Waals surface area contributed by atoms with Gasteiger partial charge in [0.05, 0.1) is 18.3 Å². The Kier molecular flexibility index (Phi) is 6.02. The molecule has 23 heavy (non-hydrogen) atoms. The van der Waals surface area contributed by atoms with Crippen molar-refractivity contribution in [2.75, 3.05) is 19.8 Å². The quantitative estimate of drug-likeness (QED) is 0.903. The maximum atomic E-state index is 12.3. The third-order valence-corrected chi connectivity index (χ3v) is 4.99. The molecule has 0 spiro atoms.